The van der Waals surface area contributed by atoms with Gasteiger partial charge >= 0.3 is 0 Å². The van der Waals surface area contributed by atoms with Crippen LogP contribution in [0.2, 0.25) is 0 Å². The van der Waals surface area contributed by atoms with Gasteiger partial charge in [0.15, 0.2) is 0 Å². The summed E-state index contributed by atoms with van der Waals surface area (Å²) >= 11 is 0. The third-order valence-electron chi connectivity index (χ3n) is 3.00. The van der Waals surface area contributed by atoms with Crippen LogP contribution in [0.1, 0.15) is 21.5 Å². The second kappa shape index (κ2) is 6.05. The number of rotatable bonds is 4. The van der Waals surface area contributed by atoms with Crippen molar-refractivity contribution in [1.82, 2.24) is 5.32 Å². The first kappa shape index (κ1) is 13.1. The van der Waals surface area contributed by atoms with Gasteiger partial charge in [-0.25, -0.2) is 0 Å². The minimum absolute atomic E-state index is 0.0592. The number of phenols is 1. The van der Waals surface area contributed by atoms with Crippen molar-refractivity contribution in [1.29, 1.82) is 0 Å². The van der Waals surface area contributed by atoms with E-state index in [1.165, 1.54) is 0 Å². The summed E-state index contributed by atoms with van der Waals surface area (Å²) in [6.45, 7) is 2.44. The van der Waals surface area contributed by atoms with Crippen molar-refractivity contribution < 1.29 is 9.90 Å². The number of amides is 1. The summed E-state index contributed by atoms with van der Waals surface area (Å²) < 4.78 is 0. The molecule has 3 nitrogen and oxygen atoms in total. The Balaban J connectivity index is 1.87. The van der Waals surface area contributed by atoms with Gasteiger partial charge in [-0.1, -0.05) is 30.3 Å². The summed E-state index contributed by atoms with van der Waals surface area (Å²) in [5.41, 5.74) is 2.62. The molecule has 19 heavy (non-hydrogen) atoms. The smallest absolute Gasteiger partial charge is 0.251 e. The highest BCUT2D eigenvalue weighted by Crippen LogP contribution is 2.16. The number of benzene rings is 2. The molecule has 2 N–H and O–H groups in total. The molecule has 98 valence electrons. The number of aromatic hydroxyl groups is 1. The van der Waals surface area contributed by atoms with Crippen LogP contribution in [0.4, 0.5) is 0 Å². The molecule has 0 aliphatic carbocycles. The monoisotopic (exact) mass is 255 g/mol. The predicted octanol–water partition coefficient (Wildman–Crippen LogP) is 2.67. The number of nitrogens with one attached hydrogen (secondary N) is 1. The third-order valence-corrected chi connectivity index (χ3v) is 3.00. The Morgan fingerprint density at radius 3 is 2.58 bits per heavy atom. The van der Waals surface area contributed by atoms with E-state index in [-0.39, 0.29) is 5.91 Å². The molecule has 0 saturated carbocycles. The molecule has 0 bridgehead atoms. The predicted molar refractivity (Wildman–Crippen MR) is 75.3 cm³/mol. The molecule has 0 heterocycles. The van der Waals surface area contributed by atoms with Gasteiger partial charge in [-0.15, -0.1) is 0 Å². The fourth-order valence-electron chi connectivity index (χ4n) is 1.89. The molecular formula is C16H17NO2. The Morgan fingerprint density at radius 1 is 1.16 bits per heavy atom. The molecule has 2 aromatic rings. The Hall–Kier alpha value is -2.29. The molecule has 0 fully saturated rings. The zero-order valence-electron chi connectivity index (χ0n) is 10.9. The number of hydrogen-bond donors (Lipinski definition) is 2. The van der Waals surface area contributed by atoms with Crippen LogP contribution in [0, 0.1) is 6.92 Å². The van der Waals surface area contributed by atoms with Crippen molar-refractivity contribution >= 4 is 5.91 Å². The Labute approximate surface area is 112 Å². The van der Waals surface area contributed by atoms with E-state index < -0.39 is 0 Å². The lowest BCUT2D eigenvalue weighted by Gasteiger charge is -2.06. The zero-order chi connectivity index (χ0) is 13.7. The van der Waals surface area contributed by atoms with E-state index in [0.29, 0.717) is 17.9 Å². The number of phenolic OH excluding ortho intramolecular Hbond substituents is 1. The van der Waals surface area contributed by atoms with Crippen molar-refractivity contribution in [2.45, 2.75) is 13.3 Å². The molecule has 0 aliphatic rings. The van der Waals surface area contributed by atoms with Gasteiger partial charge in [0, 0.05) is 12.1 Å². The standard InChI is InChI=1S/C16H17NO2/c1-12-11-13(7-8-15(12)18)9-10-17-16(19)14-5-3-2-4-6-14/h2-8,11,18H,9-10H2,1H3,(H,17,19). The Kier molecular flexibility index (Phi) is 4.18. The summed E-state index contributed by atoms with van der Waals surface area (Å²) in [7, 11) is 0. The fraction of sp³-hybridized carbons (Fsp3) is 0.188. The third kappa shape index (κ3) is 3.58. The first-order valence-corrected chi connectivity index (χ1v) is 6.28. The van der Waals surface area contributed by atoms with Gasteiger partial charge in [-0.3, -0.25) is 4.79 Å². The van der Waals surface area contributed by atoms with Crippen LogP contribution < -0.4 is 5.32 Å². The maximum Gasteiger partial charge on any atom is 0.251 e. The summed E-state index contributed by atoms with van der Waals surface area (Å²) in [6.07, 6.45) is 0.750. The lowest BCUT2D eigenvalue weighted by atomic mass is 10.1. The largest absolute Gasteiger partial charge is 0.508 e. The first-order valence-electron chi connectivity index (χ1n) is 6.28. The molecule has 0 saturated heterocycles. The van der Waals surface area contributed by atoms with E-state index in [0.717, 1.165) is 17.5 Å². The normalized spacial score (nSPS) is 10.2. The Morgan fingerprint density at radius 2 is 1.89 bits per heavy atom. The van der Waals surface area contributed by atoms with Gasteiger partial charge in [0.1, 0.15) is 5.75 Å². The van der Waals surface area contributed by atoms with Gasteiger partial charge in [0.05, 0.1) is 0 Å². The summed E-state index contributed by atoms with van der Waals surface area (Å²) in [4.78, 5) is 11.8. The lowest BCUT2D eigenvalue weighted by molar-refractivity contribution is 0.0954. The second-order valence-electron chi connectivity index (χ2n) is 4.49. The van der Waals surface area contributed by atoms with E-state index in [4.69, 9.17) is 0 Å². The van der Waals surface area contributed by atoms with Gasteiger partial charge in [-0.2, -0.15) is 0 Å². The summed E-state index contributed by atoms with van der Waals surface area (Å²) in [5, 5.41) is 12.3. The van der Waals surface area contributed by atoms with Crippen molar-refractivity contribution in [2.75, 3.05) is 6.54 Å². The van der Waals surface area contributed by atoms with Gasteiger partial charge in [0.25, 0.3) is 5.91 Å². The minimum Gasteiger partial charge on any atom is -0.508 e. The van der Waals surface area contributed by atoms with E-state index in [1.807, 2.05) is 37.3 Å². The van der Waals surface area contributed by atoms with Crippen molar-refractivity contribution in [3.63, 3.8) is 0 Å². The highest BCUT2D eigenvalue weighted by atomic mass is 16.3. The van der Waals surface area contributed by atoms with Crippen molar-refractivity contribution in [3.05, 3.63) is 65.2 Å². The minimum atomic E-state index is -0.0592. The van der Waals surface area contributed by atoms with Gasteiger partial charge in [0.2, 0.25) is 0 Å². The molecule has 0 radical (unpaired) electrons. The first-order chi connectivity index (χ1) is 9.16. The lowest BCUT2D eigenvalue weighted by Crippen LogP contribution is -2.25. The molecule has 0 spiro atoms. The van der Waals surface area contributed by atoms with Gasteiger partial charge < -0.3 is 10.4 Å². The van der Waals surface area contributed by atoms with Crippen molar-refractivity contribution in [3.8, 4) is 5.75 Å². The number of hydrogen-bond acceptors (Lipinski definition) is 2. The van der Waals surface area contributed by atoms with E-state index in [9.17, 15) is 9.90 Å². The number of carbonyl (C=O) groups excluding carboxylic acids is 1. The molecular weight excluding hydrogens is 238 g/mol. The molecule has 2 aromatic carbocycles. The van der Waals surface area contributed by atoms with E-state index in [2.05, 4.69) is 5.32 Å². The molecule has 0 unspecified atom stereocenters. The van der Waals surface area contributed by atoms with Crippen LogP contribution in [-0.2, 0) is 6.42 Å². The molecule has 0 atom stereocenters. The van der Waals surface area contributed by atoms with Crippen LogP contribution in [-0.4, -0.2) is 17.6 Å². The summed E-state index contributed by atoms with van der Waals surface area (Å²) in [6, 6.07) is 14.7. The van der Waals surface area contributed by atoms with Gasteiger partial charge in [-0.05, 0) is 42.7 Å². The van der Waals surface area contributed by atoms with E-state index >= 15 is 0 Å². The fourth-order valence-corrected chi connectivity index (χ4v) is 1.89. The van der Waals surface area contributed by atoms with Crippen LogP contribution in [0.5, 0.6) is 5.75 Å². The second-order valence-corrected chi connectivity index (χ2v) is 4.49. The van der Waals surface area contributed by atoms with Crippen LogP contribution in [0.15, 0.2) is 48.5 Å². The molecule has 1 amide bonds. The molecule has 0 aromatic heterocycles. The van der Waals surface area contributed by atoms with Crippen LogP contribution in [0.3, 0.4) is 0 Å². The SMILES string of the molecule is Cc1cc(CCNC(=O)c2ccccc2)ccc1O. The van der Waals surface area contributed by atoms with E-state index in [1.54, 1.807) is 18.2 Å². The number of aryl methyl sites for hydroxylation is 1. The zero-order valence-corrected chi connectivity index (χ0v) is 10.9. The average molecular weight is 255 g/mol. The quantitative estimate of drug-likeness (QED) is 0.882. The van der Waals surface area contributed by atoms with Crippen LogP contribution >= 0.6 is 0 Å². The highest BCUT2D eigenvalue weighted by Gasteiger charge is 2.04. The summed E-state index contributed by atoms with van der Waals surface area (Å²) in [5.74, 6) is 0.244. The maximum absolute atomic E-state index is 11.8. The van der Waals surface area contributed by atoms with Crippen molar-refractivity contribution in [2.24, 2.45) is 0 Å². The molecule has 2 rings (SSSR count). The maximum atomic E-state index is 11.8. The Bertz CT molecular complexity index is 564. The topological polar surface area (TPSA) is 49.3 Å². The molecule has 0 aliphatic heterocycles. The highest BCUT2D eigenvalue weighted by molar-refractivity contribution is 5.94. The number of carbonyl (C=O) groups is 1. The average Bonchev–Trinajstić information content (AvgIpc) is 2.43. The van der Waals surface area contributed by atoms with Crippen LogP contribution in [0.25, 0.3) is 0 Å². The molecule has 3 heteroatoms.